The van der Waals surface area contributed by atoms with Crippen LogP contribution in [0.15, 0.2) is 48.5 Å². The number of benzene rings is 2. The molecule has 7 heteroatoms. The average molecular weight is 408 g/mol. The third-order valence-corrected chi connectivity index (χ3v) is 5.05. The molecule has 3 amide bonds. The van der Waals surface area contributed by atoms with Crippen LogP contribution in [0.5, 0.6) is 0 Å². The van der Waals surface area contributed by atoms with E-state index in [1.165, 1.54) is 5.56 Å². The SMILES string of the molecule is CCc1ccc([C@H](C)NC(=O)COC(=O)CN2C(=O)Cc3ccccc3C2=O)cc1. The van der Waals surface area contributed by atoms with Gasteiger partial charge in [0.25, 0.3) is 11.8 Å². The molecule has 0 fully saturated rings. The molecule has 1 atom stereocenters. The minimum Gasteiger partial charge on any atom is -0.454 e. The molecule has 156 valence electrons. The highest BCUT2D eigenvalue weighted by Gasteiger charge is 2.32. The van der Waals surface area contributed by atoms with E-state index in [4.69, 9.17) is 4.74 Å². The van der Waals surface area contributed by atoms with Crippen LogP contribution >= 0.6 is 0 Å². The van der Waals surface area contributed by atoms with Crippen LogP contribution in [0.4, 0.5) is 0 Å². The van der Waals surface area contributed by atoms with Gasteiger partial charge in [-0.05, 0) is 36.1 Å². The molecular formula is C23H24N2O5. The zero-order valence-corrected chi connectivity index (χ0v) is 17.0. The summed E-state index contributed by atoms with van der Waals surface area (Å²) >= 11 is 0. The number of ether oxygens (including phenoxy) is 1. The third-order valence-electron chi connectivity index (χ3n) is 5.05. The minimum absolute atomic E-state index is 0.0457. The largest absolute Gasteiger partial charge is 0.454 e. The van der Waals surface area contributed by atoms with Crippen molar-refractivity contribution in [1.29, 1.82) is 0 Å². The van der Waals surface area contributed by atoms with Gasteiger partial charge in [-0.2, -0.15) is 0 Å². The van der Waals surface area contributed by atoms with E-state index in [9.17, 15) is 19.2 Å². The molecule has 1 aliphatic rings. The highest BCUT2D eigenvalue weighted by molar-refractivity contribution is 6.11. The number of amides is 3. The van der Waals surface area contributed by atoms with Crippen LogP contribution in [0.2, 0.25) is 0 Å². The van der Waals surface area contributed by atoms with E-state index in [0.717, 1.165) is 16.9 Å². The molecule has 0 saturated carbocycles. The first kappa shape index (κ1) is 21.2. The standard InChI is InChI=1S/C23H24N2O5/c1-3-16-8-10-17(11-9-16)15(2)24-20(26)14-30-22(28)13-25-21(27)12-18-6-4-5-7-19(18)23(25)29/h4-11,15H,3,12-14H2,1-2H3,(H,24,26)/t15-/m0/s1. The van der Waals surface area contributed by atoms with Gasteiger partial charge in [-0.25, -0.2) is 0 Å². The molecule has 30 heavy (non-hydrogen) atoms. The first-order valence-corrected chi connectivity index (χ1v) is 9.85. The molecule has 0 spiro atoms. The molecule has 1 aliphatic heterocycles. The monoisotopic (exact) mass is 408 g/mol. The van der Waals surface area contributed by atoms with Crippen LogP contribution in [0.1, 0.15) is 46.9 Å². The van der Waals surface area contributed by atoms with Gasteiger partial charge >= 0.3 is 5.97 Å². The highest BCUT2D eigenvalue weighted by Crippen LogP contribution is 2.19. The Morgan fingerprint density at radius 3 is 2.50 bits per heavy atom. The van der Waals surface area contributed by atoms with Crippen molar-refractivity contribution >= 4 is 23.7 Å². The predicted molar refractivity (Wildman–Crippen MR) is 110 cm³/mol. The predicted octanol–water partition coefficient (Wildman–Crippen LogP) is 2.19. The summed E-state index contributed by atoms with van der Waals surface area (Å²) in [4.78, 5) is 49.7. The lowest BCUT2D eigenvalue weighted by atomic mass is 9.98. The summed E-state index contributed by atoms with van der Waals surface area (Å²) in [5.41, 5.74) is 3.17. The Morgan fingerprint density at radius 1 is 1.10 bits per heavy atom. The topological polar surface area (TPSA) is 92.8 Å². The Morgan fingerprint density at radius 2 is 1.80 bits per heavy atom. The maximum atomic E-state index is 12.5. The quantitative estimate of drug-likeness (QED) is 0.560. The number of rotatable bonds is 7. The first-order valence-electron chi connectivity index (χ1n) is 9.85. The summed E-state index contributed by atoms with van der Waals surface area (Å²) in [6.45, 7) is 2.90. The normalized spacial score (nSPS) is 14.1. The maximum Gasteiger partial charge on any atom is 0.326 e. The summed E-state index contributed by atoms with van der Waals surface area (Å²) in [7, 11) is 0. The Hall–Kier alpha value is -3.48. The fourth-order valence-corrected chi connectivity index (χ4v) is 3.29. The molecule has 7 nitrogen and oxygen atoms in total. The van der Waals surface area contributed by atoms with Gasteiger partial charge in [0.15, 0.2) is 6.61 Å². The smallest absolute Gasteiger partial charge is 0.326 e. The third kappa shape index (κ3) is 4.92. The van der Waals surface area contributed by atoms with Crippen molar-refractivity contribution in [2.24, 2.45) is 0 Å². The highest BCUT2D eigenvalue weighted by atomic mass is 16.5. The molecule has 0 aliphatic carbocycles. The lowest BCUT2D eigenvalue weighted by Crippen LogP contribution is -2.45. The van der Waals surface area contributed by atoms with E-state index >= 15 is 0 Å². The fraction of sp³-hybridized carbons (Fsp3) is 0.304. The molecular weight excluding hydrogens is 384 g/mol. The molecule has 0 bridgehead atoms. The van der Waals surface area contributed by atoms with E-state index in [1.807, 2.05) is 31.2 Å². The maximum absolute atomic E-state index is 12.5. The van der Waals surface area contributed by atoms with E-state index in [-0.39, 0.29) is 12.5 Å². The second-order valence-electron chi connectivity index (χ2n) is 7.16. The molecule has 1 N–H and O–H groups in total. The van der Waals surface area contributed by atoms with Crippen LogP contribution in [0.3, 0.4) is 0 Å². The number of nitrogens with one attached hydrogen (secondary N) is 1. The van der Waals surface area contributed by atoms with Gasteiger partial charge < -0.3 is 10.1 Å². The number of carbonyl (C=O) groups excluding carboxylic acids is 4. The average Bonchev–Trinajstić information content (AvgIpc) is 2.75. The number of esters is 1. The molecule has 0 radical (unpaired) electrons. The van der Waals surface area contributed by atoms with E-state index in [1.54, 1.807) is 24.3 Å². The molecule has 0 unspecified atom stereocenters. The van der Waals surface area contributed by atoms with Crippen LogP contribution in [-0.2, 0) is 32.0 Å². The van der Waals surface area contributed by atoms with Gasteiger partial charge in [0.1, 0.15) is 6.54 Å². The Bertz CT molecular complexity index is 968. The van der Waals surface area contributed by atoms with Crippen LogP contribution < -0.4 is 5.32 Å². The molecule has 0 aromatic heterocycles. The zero-order valence-electron chi connectivity index (χ0n) is 17.0. The second-order valence-corrected chi connectivity index (χ2v) is 7.16. The van der Waals surface area contributed by atoms with Crippen molar-refractivity contribution in [1.82, 2.24) is 10.2 Å². The van der Waals surface area contributed by atoms with Crippen LogP contribution in [-0.4, -0.2) is 41.7 Å². The Balaban J connectivity index is 1.50. The summed E-state index contributed by atoms with van der Waals surface area (Å²) in [5, 5.41) is 2.76. The van der Waals surface area contributed by atoms with E-state index in [2.05, 4.69) is 12.2 Å². The van der Waals surface area contributed by atoms with Crippen molar-refractivity contribution < 1.29 is 23.9 Å². The summed E-state index contributed by atoms with van der Waals surface area (Å²) in [6.07, 6.45) is 0.981. The lowest BCUT2D eigenvalue weighted by molar-refractivity contribution is -0.151. The van der Waals surface area contributed by atoms with Gasteiger partial charge in [0, 0.05) is 5.56 Å². The van der Waals surface area contributed by atoms with Crippen molar-refractivity contribution in [2.45, 2.75) is 32.7 Å². The van der Waals surface area contributed by atoms with Gasteiger partial charge in [0.05, 0.1) is 12.5 Å². The van der Waals surface area contributed by atoms with Crippen molar-refractivity contribution in [3.8, 4) is 0 Å². The Kier molecular flexibility index (Phi) is 6.61. The van der Waals surface area contributed by atoms with Crippen LogP contribution in [0, 0.1) is 0 Å². The van der Waals surface area contributed by atoms with Crippen molar-refractivity contribution in [3.05, 3.63) is 70.8 Å². The van der Waals surface area contributed by atoms with Crippen molar-refractivity contribution in [3.63, 3.8) is 0 Å². The minimum atomic E-state index is -0.814. The summed E-state index contributed by atoms with van der Waals surface area (Å²) < 4.78 is 4.97. The van der Waals surface area contributed by atoms with Gasteiger partial charge in [-0.15, -0.1) is 0 Å². The number of hydrogen-bond acceptors (Lipinski definition) is 5. The molecule has 0 saturated heterocycles. The number of hydrogen-bond donors (Lipinski definition) is 1. The van der Waals surface area contributed by atoms with Gasteiger partial charge in [-0.1, -0.05) is 49.4 Å². The molecule has 2 aromatic carbocycles. The number of nitrogens with zero attached hydrogens (tertiary/aromatic N) is 1. The fourth-order valence-electron chi connectivity index (χ4n) is 3.29. The van der Waals surface area contributed by atoms with Gasteiger partial charge in [0.2, 0.25) is 5.91 Å². The molecule has 2 aromatic rings. The molecule has 3 rings (SSSR count). The lowest BCUT2D eigenvalue weighted by Gasteiger charge is -2.25. The van der Waals surface area contributed by atoms with E-state index < -0.39 is 36.8 Å². The Labute approximate surface area is 175 Å². The zero-order chi connectivity index (χ0) is 21.7. The number of imide groups is 1. The van der Waals surface area contributed by atoms with Crippen molar-refractivity contribution in [2.75, 3.05) is 13.2 Å². The summed E-state index contributed by atoms with van der Waals surface area (Å²) in [6, 6.07) is 14.4. The number of aryl methyl sites for hydroxylation is 1. The summed E-state index contributed by atoms with van der Waals surface area (Å²) in [5.74, 6) is -2.28. The second kappa shape index (κ2) is 9.35. The number of fused-ring (bicyclic) bond motifs is 1. The number of carbonyl (C=O) groups is 4. The van der Waals surface area contributed by atoms with Crippen LogP contribution in [0.25, 0.3) is 0 Å². The van der Waals surface area contributed by atoms with Gasteiger partial charge in [-0.3, -0.25) is 24.1 Å². The molecule has 1 heterocycles. The van der Waals surface area contributed by atoms with E-state index in [0.29, 0.717) is 11.1 Å². The first-order chi connectivity index (χ1) is 14.4.